The molecule has 31 heavy (non-hydrogen) atoms. The van der Waals surface area contributed by atoms with E-state index < -0.39 is 60.2 Å². The fourth-order valence-corrected chi connectivity index (χ4v) is 3.05. The quantitative estimate of drug-likeness (QED) is 0.187. The fourth-order valence-electron chi connectivity index (χ4n) is 2.56. The van der Waals surface area contributed by atoms with Crippen molar-refractivity contribution in [1.82, 2.24) is 16.0 Å². The summed E-state index contributed by atoms with van der Waals surface area (Å²) >= 11 is 1.55. The van der Waals surface area contributed by atoms with Crippen molar-refractivity contribution in [1.29, 1.82) is 0 Å². The van der Waals surface area contributed by atoms with Gasteiger partial charge in [0.1, 0.15) is 18.1 Å². The molecule has 11 nitrogen and oxygen atoms in total. The maximum Gasteiger partial charge on any atom is 0.326 e. The molecule has 0 saturated carbocycles. The number of carbonyl (C=O) groups is 5. The first-order valence-corrected chi connectivity index (χ1v) is 11.4. The normalized spacial score (nSPS) is 14.8. The zero-order chi connectivity index (χ0) is 24.1. The van der Waals surface area contributed by atoms with Crippen molar-refractivity contribution in [3.63, 3.8) is 0 Å². The van der Waals surface area contributed by atoms with E-state index in [0.29, 0.717) is 18.6 Å². The van der Waals surface area contributed by atoms with E-state index in [9.17, 15) is 24.0 Å². The second kappa shape index (κ2) is 14.6. The average Bonchev–Trinajstić information content (AvgIpc) is 2.67. The zero-order valence-electron chi connectivity index (χ0n) is 18.3. The first kappa shape index (κ1) is 28.7. The van der Waals surface area contributed by atoms with E-state index in [0.717, 1.165) is 0 Å². The highest BCUT2D eigenvalue weighted by Crippen LogP contribution is 2.07. The molecule has 0 spiro atoms. The smallest absolute Gasteiger partial charge is 0.326 e. The van der Waals surface area contributed by atoms with Gasteiger partial charge in [-0.1, -0.05) is 13.8 Å². The molecule has 0 rings (SSSR count). The molecule has 0 radical (unpaired) electrons. The second-order valence-corrected chi connectivity index (χ2v) is 8.63. The van der Waals surface area contributed by atoms with E-state index in [1.165, 1.54) is 6.92 Å². The Morgan fingerprint density at radius 3 is 1.94 bits per heavy atom. The van der Waals surface area contributed by atoms with Crippen molar-refractivity contribution in [2.75, 3.05) is 12.0 Å². The number of carbonyl (C=O) groups excluding carboxylic acids is 3. The molecule has 4 atom stereocenters. The summed E-state index contributed by atoms with van der Waals surface area (Å²) in [5, 5.41) is 25.1. The standard InChI is InChI=1S/C19H34N4O7S/c1-10(2)9-14(23-17(27)12(20)7-8-31-4)18(28)21-11(3)16(26)22-13(19(29)30)5-6-15(24)25/h10-14H,5-9,20H2,1-4H3,(H,21,28)(H,22,26)(H,23,27)(H,24,25)(H,29,30). The van der Waals surface area contributed by atoms with Crippen LogP contribution in [0.2, 0.25) is 0 Å². The Morgan fingerprint density at radius 2 is 1.45 bits per heavy atom. The summed E-state index contributed by atoms with van der Waals surface area (Å²) in [5.74, 6) is -3.65. The number of nitrogens with one attached hydrogen (secondary N) is 3. The highest BCUT2D eigenvalue weighted by atomic mass is 32.2. The van der Waals surface area contributed by atoms with Gasteiger partial charge in [0, 0.05) is 6.42 Å². The average molecular weight is 463 g/mol. The minimum atomic E-state index is -1.40. The van der Waals surface area contributed by atoms with Crippen molar-refractivity contribution in [2.24, 2.45) is 11.7 Å². The molecule has 0 bridgehead atoms. The van der Waals surface area contributed by atoms with Crippen LogP contribution in [0, 0.1) is 5.92 Å². The summed E-state index contributed by atoms with van der Waals surface area (Å²) in [6.45, 7) is 5.11. The molecule has 0 aliphatic rings. The summed E-state index contributed by atoms with van der Waals surface area (Å²) in [4.78, 5) is 59.1. The molecule has 0 aliphatic carbocycles. The maximum atomic E-state index is 12.7. The van der Waals surface area contributed by atoms with Crippen molar-refractivity contribution >= 4 is 41.4 Å². The summed E-state index contributed by atoms with van der Waals surface area (Å²) in [6.07, 6.45) is 1.93. The zero-order valence-corrected chi connectivity index (χ0v) is 19.2. The molecular weight excluding hydrogens is 428 g/mol. The lowest BCUT2D eigenvalue weighted by Gasteiger charge is -2.24. The Bertz CT molecular complexity index is 645. The lowest BCUT2D eigenvalue weighted by molar-refractivity contribution is -0.143. The van der Waals surface area contributed by atoms with E-state index in [1.54, 1.807) is 11.8 Å². The molecule has 4 unspecified atom stereocenters. The number of carboxylic acids is 2. The Balaban J connectivity index is 5.01. The first-order chi connectivity index (χ1) is 14.4. The van der Waals surface area contributed by atoms with Gasteiger partial charge in [-0.25, -0.2) is 4.79 Å². The van der Waals surface area contributed by atoms with Crippen LogP contribution in [0.15, 0.2) is 0 Å². The van der Waals surface area contributed by atoms with Gasteiger partial charge in [0.15, 0.2) is 0 Å². The van der Waals surface area contributed by atoms with Crippen LogP contribution in [-0.4, -0.2) is 76.0 Å². The van der Waals surface area contributed by atoms with Crippen molar-refractivity contribution in [3.05, 3.63) is 0 Å². The van der Waals surface area contributed by atoms with Gasteiger partial charge in [-0.15, -0.1) is 0 Å². The number of aliphatic carboxylic acids is 2. The lowest BCUT2D eigenvalue weighted by Crippen LogP contribution is -2.56. The molecule has 0 fully saturated rings. The van der Waals surface area contributed by atoms with E-state index in [2.05, 4.69) is 16.0 Å². The van der Waals surface area contributed by atoms with Gasteiger partial charge in [-0.05, 0) is 44.1 Å². The van der Waals surface area contributed by atoms with Gasteiger partial charge < -0.3 is 31.9 Å². The van der Waals surface area contributed by atoms with E-state index >= 15 is 0 Å². The second-order valence-electron chi connectivity index (χ2n) is 7.64. The van der Waals surface area contributed by atoms with Gasteiger partial charge in [0.05, 0.1) is 6.04 Å². The molecule has 0 aliphatic heterocycles. The van der Waals surface area contributed by atoms with Gasteiger partial charge in [-0.3, -0.25) is 19.2 Å². The fraction of sp³-hybridized carbons (Fsp3) is 0.737. The number of amides is 3. The molecule has 3 amide bonds. The number of thioether (sulfide) groups is 1. The molecule has 0 aromatic carbocycles. The molecular formula is C19H34N4O7S. The van der Waals surface area contributed by atoms with Crippen LogP contribution in [-0.2, 0) is 24.0 Å². The highest BCUT2D eigenvalue weighted by molar-refractivity contribution is 7.98. The summed E-state index contributed by atoms with van der Waals surface area (Å²) < 4.78 is 0. The molecule has 7 N–H and O–H groups in total. The van der Waals surface area contributed by atoms with Gasteiger partial charge in [-0.2, -0.15) is 11.8 Å². The van der Waals surface area contributed by atoms with E-state index in [4.69, 9.17) is 15.9 Å². The molecule has 0 aromatic heterocycles. The van der Waals surface area contributed by atoms with Crippen LogP contribution in [0.3, 0.4) is 0 Å². The number of carboxylic acid groups (broad SMARTS) is 2. The third-order valence-corrected chi connectivity index (χ3v) is 4.97. The van der Waals surface area contributed by atoms with E-state index in [1.807, 2.05) is 20.1 Å². The van der Waals surface area contributed by atoms with Gasteiger partial charge in [0.2, 0.25) is 17.7 Å². The van der Waals surface area contributed by atoms with Crippen LogP contribution < -0.4 is 21.7 Å². The lowest BCUT2D eigenvalue weighted by atomic mass is 10.0. The van der Waals surface area contributed by atoms with Crippen LogP contribution in [0.25, 0.3) is 0 Å². The van der Waals surface area contributed by atoms with E-state index in [-0.39, 0.29) is 12.3 Å². The largest absolute Gasteiger partial charge is 0.481 e. The minimum absolute atomic E-state index is 0.0648. The SMILES string of the molecule is CSCCC(N)C(=O)NC(CC(C)C)C(=O)NC(C)C(=O)NC(CCC(=O)O)C(=O)O. The number of hydrogen-bond acceptors (Lipinski definition) is 7. The van der Waals surface area contributed by atoms with Crippen LogP contribution in [0.4, 0.5) is 0 Å². The summed E-state index contributed by atoms with van der Waals surface area (Å²) in [5.41, 5.74) is 5.85. The Labute approximate surface area is 186 Å². The molecule has 0 heterocycles. The molecule has 178 valence electrons. The third-order valence-electron chi connectivity index (χ3n) is 4.32. The number of hydrogen-bond donors (Lipinski definition) is 6. The topological polar surface area (TPSA) is 188 Å². The molecule has 12 heteroatoms. The van der Waals surface area contributed by atoms with Gasteiger partial charge >= 0.3 is 11.9 Å². The van der Waals surface area contributed by atoms with Crippen LogP contribution in [0.1, 0.15) is 46.5 Å². The summed E-state index contributed by atoms with van der Waals surface area (Å²) in [7, 11) is 0. The monoisotopic (exact) mass is 462 g/mol. The Morgan fingerprint density at radius 1 is 0.871 bits per heavy atom. The van der Waals surface area contributed by atoms with Crippen LogP contribution in [0.5, 0.6) is 0 Å². The molecule has 0 saturated heterocycles. The highest BCUT2D eigenvalue weighted by Gasteiger charge is 2.28. The van der Waals surface area contributed by atoms with Gasteiger partial charge in [0.25, 0.3) is 0 Å². The maximum absolute atomic E-state index is 12.7. The predicted octanol–water partition coefficient (Wildman–Crippen LogP) is -0.463. The number of nitrogens with two attached hydrogens (primary N) is 1. The summed E-state index contributed by atoms with van der Waals surface area (Å²) in [6, 6.07) is -4.17. The number of rotatable bonds is 15. The van der Waals surface area contributed by atoms with Crippen molar-refractivity contribution in [3.8, 4) is 0 Å². The van der Waals surface area contributed by atoms with Crippen molar-refractivity contribution in [2.45, 2.75) is 70.6 Å². The Hall–Kier alpha value is -2.34. The third kappa shape index (κ3) is 12.2. The van der Waals surface area contributed by atoms with Crippen LogP contribution >= 0.6 is 11.8 Å². The van der Waals surface area contributed by atoms with Crippen molar-refractivity contribution < 1.29 is 34.2 Å². The Kier molecular flexibility index (Phi) is 13.5. The minimum Gasteiger partial charge on any atom is -0.481 e. The molecule has 0 aromatic rings. The predicted molar refractivity (Wildman–Crippen MR) is 116 cm³/mol. The first-order valence-electron chi connectivity index (χ1n) is 9.99.